The number of halogens is 2. The van der Waals surface area contributed by atoms with E-state index in [4.69, 9.17) is 0 Å². The van der Waals surface area contributed by atoms with Crippen LogP contribution in [0.25, 0.3) is 0 Å². The molecule has 0 radical (unpaired) electrons. The third-order valence-corrected chi connectivity index (χ3v) is 5.41. The van der Waals surface area contributed by atoms with Crippen LogP contribution < -0.4 is 5.32 Å². The first-order chi connectivity index (χ1) is 12.6. The van der Waals surface area contributed by atoms with Crippen molar-refractivity contribution >= 4 is 17.2 Å². The Morgan fingerprint density at radius 2 is 1.96 bits per heavy atom. The van der Waals surface area contributed by atoms with Gasteiger partial charge in [-0.25, -0.2) is 13.8 Å². The van der Waals surface area contributed by atoms with Crippen molar-refractivity contribution in [2.45, 2.75) is 24.8 Å². The van der Waals surface area contributed by atoms with Crippen molar-refractivity contribution in [2.75, 3.05) is 0 Å². The Balaban J connectivity index is 1.48. The van der Waals surface area contributed by atoms with Gasteiger partial charge in [0.25, 0.3) is 5.91 Å². The number of aromatic nitrogens is 1. The summed E-state index contributed by atoms with van der Waals surface area (Å²) < 4.78 is 27.2. The van der Waals surface area contributed by atoms with Gasteiger partial charge in [0.2, 0.25) is 0 Å². The summed E-state index contributed by atoms with van der Waals surface area (Å²) in [7, 11) is 0. The van der Waals surface area contributed by atoms with E-state index in [1.54, 1.807) is 29.6 Å². The molecule has 0 atom stereocenters. The molecular weight excluding hydrogens is 354 g/mol. The average Bonchev–Trinajstić information content (AvgIpc) is 3.25. The van der Waals surface area contributed by atoms with Crippen LogP contribution in [0, 0.1) is 11.6 Å². The Hall–Kier alpha value is -2.60. The topological polar surface area (TPSA) is 42.0 Å². The van der Waals surface area contributed by atoms with E-state index < -0.39 is 5.54 Å². The molecule has 132 valence electrons. The van der Waals surface area contributed by atoms with E-state index in [2.05, 4.69) is 10.3 Å². The highest BCUT2D eigenvalue weighted by Crippen LogP contribution is 2.45. The third kappa shape index (κ3) is 3.37. The fourth-order valence-corrected chi connectivity index (χ4v) is 3.78. The van der Waals surface area contributed by atoms with Crippen LogP contribution in [0.5, 0.6) is 0 Å². The Kier molecular flexibility index (Phi) is 4.28. The Morgan fingerprint density at radius 3 is 2.69 bits per heavy atom. The molecule has 0 saturated heterocycles. The number of nitrogens with one attached hydrogen (secondary N) is 1. The zero-order valence-electron chi connectivity index (χ0n) is 13.8. The summed E-state index contributed by atoms with van der Waals surface area (Å²) >= 11 is 1.33. The molecule has 0 aliphatic heterocycles. The van der Waals surface area contributed by atoms with Crippen molar-refractivity contribution in [3.63, 3.8) is 0 Å². The van der Waals surface area contributed by atoms with E-state index in [-0.39, 0.29) is 17.5 Å². The minimum absolute atomic E-state index is 0.281. The maximum atomic E-state index is 13.8. The normalized spacial score (nSPS) is 14.8. The minimum atomic E-state index is -0.505. The van der Waals surface area contributed by atoms with E-state index in [9.17, 15) is 13.6 Å². The van der Waals surface area contributed by atoms with Gasteiger partial charge in [-0.05, 0) is 42.2 Å². The summed E-state index contributed by atoms with van der Waals surface area (Å²) in [6, 6.07) is 12.8. The van der Waals surface area contributed by atoms with Crippen molar-refractivity contribution in [3.05, 3.63) is 87.4 Å². The summed E-state index contributed by atoms with van der Waals surface area (Å²) in [5, 5.41) is 5.33. The predicted octanol–water partition coefficient (Wildman–Crippen LogP) is 4.43. The molecule has 4 rings (SSSR count). The van der Waals surface area contributed by atoms with Gasteiger partial charge in [-0.15, -0.1) is 11.3 Å². The van der Waals surface area contributed by atoms with E-state index >= 15 is 0 Å². The highest BCUT2D eigenvalue weighted by Gasteiger charge is 2.46. The monoisotopic (exact) mass is 370 g/mol. The second kappa shape index (κ2) is 6.61. The van der Waals surface area contributed by atoms with Gasteiger partial charge in [0.1, 0.15) is 17.3 Å². The summed E-state index contributed by atoms with van der Waals surface area (Å²) in [6.45, 7) is 0. The highest BCUT2D eigenvalue weighted by atomic mass is 32.1. The van der Waals surface area contributed by atoms with Crippen LogP contribution >= 0.6 is 11.3 Å². The second-order valence-electron chi connectivity index (χ2n) is 6.44. The number of hydrogen-bond donors (Lipinski definition) is 1. The summed E-state index contributed by atoms with van der Waals surface area (Å²) in [6.07, 6.45) is 1.89. The molecule has 1 aliphatic rings. The van der Waals surface area contributed by atoms with Crippen LogP contribution in [-0.2, 0) is 12.0 Å². The quantitative estimate of drug-likeness (QED) is 0.722. The molecule has 1 heterocycles. The fraction of sp³-hybridized carbons (Fsp3) is 0.200. The van der Waals surface area contributed by atoms with E-state index in [0.717, 1.165) is 18.4 Å². The van der Waals surface area contributed by atoms with Gasteiger partial charge in [0, 0.05) is 11.8 Å². The van der Waals surface area contributed by atoms with Crippen molar-refractivity contribution in [1.29, 1.82) is 0 Å². The summed E-state index contributed by atoms with van der Waals surface area (Å²) in [5.74, 6) is -0.886. The molecule has 1 N–H and O–H groups in total. The zero-order chi connectivity index (χ0) is 18.1. The first-order valence-corrected chi connectivity index (χ1v) is 9.20. The SMILES string of the molecule is O=C(NC1(c2cccc(F)c2)CC1)c1csc(Cc2ccccc2F)n1. The van der Waals surface area contributed by atoms with Gasteiger partial charge >= 0.3 is 0 Å². The lowest BCUT2D eigenvalue weighted by Crippen LogP contribution is -2.35. The lowest BCUT2D eigenvalue weighted by atomic mass is 10.0. The number of benzene rings is 2. The highest BCUT2D eigenvalue weighted by molar-refractivity contribution is 7.09. The van der Waals surface area contributed by atoms with Crippen molar-refractivity contribution in [1.82, 2.24) is 10.3 Å². The molecule has 1 aromatic heterocycles. The van der Waals surface area contributed by atoms with E-state index in [1.807, 2.05) is 6.07 Å². The van der Waals surface area contributed by atoms with Gasteiger partial charge in [-0.1, -0.05) is 30.3 Å². The number of nitrogens with zero attached hydrogens (tertiary/aromatic N) is 1. The molecule has 1 fully saturated rings. The molecule has 0 unspecified atom stereocenters. The Labute approximate surface area is 153 Å². The molecule has 26 heavy (non-hydrogen) atoms. The van der Waals surface area contributed by atoms with Crippen LogP contribution in [-0.4, -0.2) is 10.9 Å². The first-order valence-electron chi connectivity index (χ1n) is 8.32. The lowest BCUT2D eigenvalue weighted by molar-refractivity contribution is 0.0926. The number of rotatable bonds is 5. The predicted molar refractivity (Wildman–Crippen MR) is 96.1 cm³/mol. The molecule has 1 aliphatic carbocycles. The first kappa shape index (κ1) is 16.8. The molecule has 1 saturated carbocycles. The smallest absolute Gasteiger partial charge is 0.271 e. The van der Waals surface area contributed by atoms with Crippen LogP contribution in [0.4, 0.5) is 8.78 Å². The molecule has 1 amide bonds. The maximum Gasteiger partial charge on any atom is 0.271 e. The maximum absolute atomic E-state index is 13.8. The summed E-state index contributed by atoms with van der Waals surface area (Å²) in [4.78, 5) is 16.9. The van der Waals surface area contributed by atoms with Crippen molar-refractivity contribution in [2.24, 2.45) is 0 Å². The van der Waals surface area contributed by atoms with Crippen LogP contribution in [0.2, 0.25) is 0 Å². The van der Waals surface area contributed by atoms with Crippen LogP contribution in [0.1, 0.15) is 39.5 Å². The number of carbonyl (C=O) groups is 1. The molecule has 0 spiro atoms. The second-order valence-corrected chi connectivity index (χ2v) is 7.38. The number of carbonyl (C=O) groups excluding carboxylic acids is 1. The average molecular weight is 370 g/mol. The Bertz CT molecular complexity index is 966. The van der Waals surface area contributed by atoms with E-state index in [0.29, 0.717) is 22.7 Å². The standard InChI is InChI=1S/C20H16F2N2OS/c21-15-6-3-5-14(11-15)20(8-9-20)24-19(25)17-12-26-18(23-17)10-13-4-1-2-7-16(13)22/h1-7,11-12H,8-10H2,(H,24,25). The van der Waals surface area contributed by atoms with Gasteiger partial charge < -0.3 is 5.32 Å². The number of amides is 1. The van der Waals surface area contributed by atoms with Crippen LogP contribution in [0.3, 0.4) is 0 Å². The molecular formula is C20H16F2N2OS. The molecule has 3 nitrogen and oxygen atoms in total. The van der Waals surface area contributed by atoms with Crippen LogP contribution in [0.15, 0.2) is 53.9 Å². The minimum Gasteiger partial charge on any atom is -0.341 e. The van der Waals surface area contributed by atoms with Crippen molar-refractivity contribution in [3.8, 4) is 0 Å². The molecule has 0 bridgehead atoms. The van der Waals surface area contributed by atoms with Gasteiger partial charge in [0.15, 0.2) is 0 Å². The van der Waals surface area contributed by atoms with Gasteiger partial charge in [0.05, 0.1) is 10.5 Å². The third-order valence-electron chi connectivity index (χ3n) is 4.56. The Morgan fingerprint density at radius 1 is 1.15 bits per heavy atom. The zero-order valence-corrected chi connectivity index (χ0v) is 14.7. The van der Waals surface area contributed by atoms with Gasteiger partial charge in [-0.3, -0.25) is 4.79 Å². The number of hydrogen-bond acceptors (Lipinski definition) is 3. The largest absolute Gasteiger partial charge is 0.341 e. The molecule has 3 aromatic rings. The molecule has 2 aromatic carbocycles. The fourth-order valence-electron chi connectivity index (χ4n) is 2.98. The van der Waals surface area contributed by atoms with Gasteiger partial charge in [-0.2, -0.15) is 0 Å². The van der Waals surface area contributed by atoms with E-state index in [1.165, 1.54) is 29.5 Å². The summed E-state index contributed by atoms with van der Waals surface area (Å²) in [5.41, 5.74) is 1.12. The number of thiazole rings is 1. The lowest BCUT2D eigenvalue weighted by Gasteiger charge is -2.17. The molecule has 6 heteroatoms. The van der Waals surface area contributed by atoms with Crippen molar-refractivity contribution < 1.29 is 13.6 Å².